The number of rotatable bonds is 3. The number of hydrogen-bond donors (Lipinski definition) is 1. The molecule has 0 spiro atoms. The average Bonchev–Trinajstić information content (AvgIpc) is 2.38. The highest BCUT2D eigenvalue weighted by Crippen LogP contribution is 2.39. The number of nitro groups is 1. The monoisotopic (exact) mass is 515 g/mol. The lowest BCUT2D eigenvalue weighted by atomic mass is 10.3. The number of nitrogens with zero attached hydrogens (tertiary/aromatic N) is 2. The van der Waals surface area contributed by atoms with E-state index in [4.69, 9.17) is 4.74 Å². The van der Waals surface area contributed by atoms with Gasteiger partial charge in [0.25, 0.3) is 11.2 Å². The number of non-ortho nitro benzene ring substituents is 1. The second-order valence-electron chi connectivity index (χ2n) is 3.45. The minimum atomic E-state index is -0.519. The topological polar surface area (TPSA) is 98.1 Å². The zero-order chi connectivity index (χ0) is 14.9. The van der Waals surface area contributed by atoms with E-state index >= 15 is 0 Å². The Bertz CT molecular complexity index is 727. The molecule has 1 aromatic heterocycles. The van der Waals surface area contributed by atoms with Crippen LogP contribution in [0.3, 0.4) is 0 Å². The van der Waals surface area contributed by atoms with Gasteiger partial charge in [-0.05, 0) is 54.5 Å². The second kappa shape index (κ2) is 6.18. The van der Waals surface area contributed by atoms with Gasteiger partial charge in [-0.2, -0.15) is 0 Å². The highest BCUT2D eigenvalue weighted by Gasteiger charge is 2.17. The number of aromatic amines is 1. The molecule has 0 aliphatic heterocycles. The fraction of sp³-hybridized carbons (Fsp3) is 0. The summed E-state index contributed by atoms with van der Waals surface area (Å²) in [6.07, 6.45) is 1.22. The highest BCUT2D eigenvalue weighted by molar-refractivity contribution is 14.1. The fourth-order valence-corrected chi connectivity index (χ4v) is 3.01. The molecule has 2 aromatic rings. The highest BCUT2D eigenvalue weighted by atomic mass is 127. The molecular weight excluding hydrogens is 513 g/mol. The summed E-state index contributed by atoms with van der Waals surface area (Å²) in [5.41, 5.74) is -0.422. The van der Waals surface area contributed by atoms with Gasteiger partial charge in [-0.25, -0.2) is 4.98 Å². The van der Waals surface area contributed by atoms with Crippen molar-refractivity contribution < 1.29 is 9.66 Å². The third-order valence-corrected chi connectivity index (χ3v) is 4.29. The molecule has 0 saturated carbocycles. The third kappa shape index (κ3) is 3.17. The van der Waals surface area contributed by atoms with Crippen molar-refractivity contribution in [3.8, 4) is 11.6 Å². The Labute approximate surface area is 142 Å². The Morgan fingerprint density at radius 2 is 1.95 bits per heavy atom. The van der Waals surface area contributed by atoms with Crippen molar-refractivity contribution in [3.63, 3.8) is 0 Å². The molecule has 0 saturated heterocycles. The maximum atomic E-state index is 11.4. The van der Waals surface area contributed by atoms with Gasteiger partial charge in [-0.15, -0.1) is 0 Å². The fourth-order valence-electron chi connectivity index (χ4n) is 1.28. The van der Waals surface area contributed by atoms with Crippen molar-refractivity contribution in [2.45, 2.75) is 0 Å². The molecule has 0 unspecified atom stereocenters. The van der Waals surface area contributed by atoms with E-state index in [2.05, 4.69) is 41.8 Å². The number of benzene rings is 1. The molecule has 0 aliphatic carbocycles. The molecule has 2 rings (SSSR count). The van der Waals surface area contributed by atoms with Crippen molar-refractivity contribution in [1.82, 2.24) is 9.97 Å². The van der Waals surface area contributed by atoms with Crippen molar-refractivity contribution in [2.24, 2.45) is 0 Å². The average molecular weight is 517 g/mol. The van der Waals surface area contributed by atoms with Crippen LogP contribution in [0.15, 0.2) is 32.2 Å². The summed E-state index contributed by atoms with van der Waals surface area (Å²) in [5, 5.41) is 10.7. The molecule has 7 nitrogen and oxygen atoms in total. The molecule has 0 aliphatic rings. The number of hydrogen-bond acceptors (Lipinski definition) is 5. The third-order valence-electron chi connectivity index (χ3n) is 2.16. The molecule has 0 fully saturated rings. The lowest BCUT2D eigenvalue weighted by Crippen LogP contribution is -2.11. The first kappa shape index (κ1) is 15.4. The molecule has 1 heterocycles. The Morgan fingerprint density at radius 1 is 1.35 bits per heavy atom. The molecule has 20 heavy (non-hydrogen) atoms. The van der Waals surface area contributed by atoms with E-state index in [-0.39, 0.29) is 20.7 Å². The zero-order valence-corrected chi connectivity index (χ0v) is 14.7. The number of H-pyrrole nitrogens is 1. The first-order valence-corrected chi connectivity index (χ1v) is 7.61. The summed E-state index contributed by atoms with van der Waals surface area (Å²) < 4.78 is 6.55. The van der Waals surface area contributed by atoms with Crippen LogP contribution in [0.2, 0.25) is 0 Å². The van der Waals surface area contributed by atoms with Crippen molar-refractivity contribution in [1.29, 1.82) is 0 Å². The van der Waals surface area contributed by atoms with E-state index in [0.717, 1.165) is 0 Å². The van der Waals surface area contributed by atoms with Gasteiger partial charge in [-0.3, -0.25) is 14.9 Å². The van der Waals surface area contributed by atoms with Gasteiger partial charge in [-0.1, -0.05) is 0 Å². The molecule has 10 heteroatoms. The van der Waals surface area contributed by atoms with Crippen LogP contribution in [0.5, 0.6) is 11.6 Å². The Kier molecular flexibility index (Phi) is 4.75. The van der Waals surface area contributed by atoms with Crippen molar-refractivity contribution in [2.75, 3.05) is 0 Å². The van der Waals surface area contributed by atoms with Gasteiger partial charge in [0.2, 0.25) is 5.88 Å². The van der Waals surface area contributed by atoms with Gasteiger partial charge in [0.1, 0.15) is 3.57 Å². The van der Waals surface area contributed by atoms with Crippen LogP contribution >= 0.6 is 54.5 Å². The number of nitro benzene ring substituents is 1. The molecular formula is C10H4Br2IN3O4. The molecule has 1 aromatic carbocycles. The van der Waals surface area contributed by atoms with E-state index in [1.807, 2.05) is 0 Å². The zero-order valence-electron chi connectivity index (χ0n) is 9.39. The Hall–Kier alpha value is -1.01. The van der Waals surface area contributed by atoms with Crippen LogP contribution in [0, 0.1) is 13.7 Å². The van der Waals surface area contributed by atoms with Crippen LogP contribution in [-0.4, -0.2) is 14.9 Å². The standard InChI is InChI=1S/C10H4Br2IN3O4/c11-5-1-4(16(18)19)2-6(12)8(5)20-10-7(13)9(17)14-3-15-10/h1-3H,(H,14,15,17). The first-order chi connectivity index (χ1) is 9.40. The number of aromatic nitrogens is 2. The largest absolute Gasteiger partial charge is 0.435 e. The van der Waals surface area contributed by atoms with Crippen LogP contribution < -0.4 is 10.3 Å². The number of ether oxygens (including phenoxy) is 1. The number of halogens is 3. The van der Waals surface area contributed by atoms with E-state index in [1.165, 1.54) is 18.5 Å². The minimum Gasteiger partial charge on any atom is -0.435 e. The van der Waals surface area contributed by atoms with E-state index in [1.54, 1.807) is 22.6 Å². The predicted octanol–water partition coefficient (Wildman–Crippen LogP) is 3.60. The van der Waals surface area contributed by atoms with Gasteiger partial charge in [0, 0.05) is 12.1 Å². The summed E-state index contributed by atoms with van der Waals surface area (Å²) in [5.74, 6) is 0.413. The van der Waals surface area contributed by atoms with Crippen LogP contribution in [-0.2, 0) is 0 Å². The van der Waals surface area contributed by atoms with Gasteiger partial charge in [0.15, 0.2) is 5.75 Å². The van der Waals surface area contributed by atoms with Crippen LogP contribution in [0.25, 0.3) is 0 Å². The molecule has 104 valence electrons. The van der Waals surface area contributed by atoms with E-state index in [9.17, 15) is 14.9 Å². The van der Waals surface area contributed by atoms with Gasteiger partial charge < -0.3 is 9.72 Å². The smallest absolute Gasteiger partial charge is 0.271 e. The summed E-state index contributed by atoms with van der Waals surface area (Å²) in [7, 11) is 0. The summed E-state index contributed by atoms with van der Waals surface area (Å²) in [6, 6.07) is 2.61. The quantitative estimate of drug-likeness (QED) is 0.382. The van der Waals surface area contributed by atoms with Crippen molar-refractivity contribution in [3.05, 3.63) is 51.4 Å². The van der Waals surface area contributed by atoms with E-state index in [0.29, 0.717) is 14.7 Å². The molecule has 1 N–H and O–H groups in total. The number of nitrogens with one attached hydrogen (secondary N) is 1. The van der Waals surface area contributed by atoms with E-state index < -0.39 is 4.92 Å². The van der Waals surface area contributed by atoms with Crippen LogP contribution in [0.1, 0.15) is 0 Å². The minimum absolute atomic E-state index is 0.0929. The maximum absolute atomic E-state index is 11.4. The second-order valence-corrected chi connectivity index (χ2v) is 6.24. The molecule has 0 radical (unpaired) electrons. The molecule has 0 atom stereocenters. The summed E-state index contributed by atoms with van der Waals surface area (Å²) >= 11 is 8.18. The Balaban J connectivity index is 2.47. The van der Waals surface area contributed by atoms with Crippen LogP contribution in [0.4, 0.5) is 5.69 Å². The normalized spacial score (nSPS) is 10.3. The molecule has 0 bridgehead atoms. The lowest BCUT2D eigenvalue weighted by Gasteiger charge is -2.09. The summed E-state index contributed by atoms with van der Waals surface area (Å²) in [4.78, 5) is 28.0. The Morgan fingerprint density at radius 3 is 2.50 bits per heavy atom. The first-order valence-electron chi connectivity index (χ1n) is 4.94. The van der Waals surface area contributed by atoms with Crippen molar-refractivity contribution >= 4 is 60.1 Å². The van der Waals surface area contributed by atoms with Gasteiger partial charge >= 0.3 is 0 Å². The SMILES string of the molecule is O=c1[nH]cnc(Oc2c(Br)cc([N+](=O)[O-])cc2Br)c1I. The maximum Gasteiger partial charge on any atom is 0.271 e. The lowest BCUT2D eigenvalue weighted by molar-refractivity contribution is -0.385. The summed E-state index contributed by atoms with van der Waals surface area (Å²) in [6.45, 7) is 0. The van der Waals surface area contributed by atoms with Gasteiger partial charge in [0.05, 0.1) is 20.2 Å². The predicted molar refractivity (Wildman–Crippen MR) is 86.1 cm³/mol. The molecule has 0 amide bonds.